The third-order valence-electron chi connectivity index (χ3n) is 4.98. The average molecular weight is 420 g/mol. The maximum absolute atomic E-state index is 12.4. The number of nitrogens with one attached hydrogen (secondary N) is 3. The molecule has 0 fully saturated rings. The summed E-state index contributed by atoms with van der Waals surface area (Å²) < 4.78 is 0. The zero-order chi connectivity index (χ0) is 20.9. The molecule has 30 heavy (non-hydrogen) atoms. The molecule has 3 aromatic rings. The summed E-state index contributed by atoms with van der Waals surface area (Å²) in [5.74, 6) is -0.609. The van der Waals surface area contributed by atoms with Crippen LogP contribution in [0.1, 0.15) is 28.1 Å². The van der Waals surface area contributed by atoms with Crippen LogP contribution in [0.5, 0.6) is 0 Å². The second kappa shape index (κ2) is 8.92. The second-order valence-electron chi connectivity index (χ2n) is 7.15. The number of thiophene rings is 1. The lowest BCUT2D eigenvalue weighted by Gasteiger charge is -2.24. The molecular formula is C23H21N3O3S. The SMILES string of the molecule is O=C(CCC1Cc2ccccc2NC1=O)Nc1cccc(NC(=O)c2cccs2)c1. The molecule has 0 spiro atoms. The molecular weight excluding hydrogens is 398 g/mol. The van der Waals surface area contributed by atoms with E-state index in [9.17, 15) is 14.4 Å². The van der Waals surface area contributed by atoms with Gasteiger partial charge in [0.15, 0.2) is 0 Å². The van der Waals surface area contributed by atoms with Gasteiger partial charge in [0.2, 0.25) is 11.8 Å². The van der Waals surface area contributed by atoms with Gasteiger partial charge in [0, 0.05) is 29.4 Å². The molecule has 3 N–H and O–H groups in total. The van der Waals surface area contributed by atoms with E-state index < -0.39 is 0 Å². The van der Waals surface area contributed by atoms with E-state index in [0.717, 1.165) is 11.3 Å². The molecule has 3 amide bonds. The lowest BCUT2D eigenvalue weighted by atomic mass is 9.89. The number of hydrogen-bond acceptors (Lipinski definition) is 4. The van der Waals surface area contributed by atoms with E-state index in [1.54, 1.807) is 30.3 Å². The van der Waals surface area contributed by atoms with Crippen LogP contribution in [0.2, 0.25) is 0 Å². The normalized spacial score (nSPS) is 15.1. The Morgan fingerprint density at radius 2 is 1.80 bits per heavy atom. The van der Waals surface area contributed by atoms with Gasteiger partial charge >= 0.3 is 0 Å². The van der Waals surface area contributed by atoms with Gasteiger partial charge in [-0.3, -0.25) is 14.4 Å². The van der Waals surface area contributed by atoms with Crippen LogP contribution in [-0.2, 0) is 16.0 Å². The third-order valence-corrected chi connectivity index (χ3v) is 5.85. The summed E-state index contributed by atoms with van der Waals surface area (Å²) in [5, 5.41) is 10.4. The molecule has 4 rings (SSSR count). The van der Waals surface area contributed by atoms with Crippen molar-refractivity contribution in [1.29, 1.82) is 0 Å². The molecule has 0 bridgehead atoms. The van der Waals surface area contributed by atoms with Crippen molar-refractivity contribution < 1.29 is 14.4 Å². The highest BCUT2D eigenvalue weighted by atomic mass is 32.1. The molecule has 2 heterocycles. The van der Waals surface area contributed by atoms with E-state index in [0.29, 0.717) is 29.1 Å². The Kier molecular flexibility index (Phi) is 5.90. The van der Waals surface area contributed by atoms with Crippen LogP contribution in [0, 0.1) is 5.92 Å². The summed E-state index contributed by atoms with van der Waals surface area (Å²) in [4.78, 5) is 37.5. The third kappa shape index (κ3) is 4.75. The summed E-state index contributed by atoms with van der Waals surface area (Å²) in [6.45, 7) is 0. The van der Waals surface area contributed by atoms with Gasteiger partial charge < -0.3 is 16.0 Å². The fourth-order valence-corrected chi connectivity index (χ4v) is 4.07. The highest BCUT2D eigenvalue weighted by molar-refractivity contribution is 7.12. The van der Waals surface area contributed by atoms with Gasteiger partial charge in [-0.2, -0.15) is 0 Å². The molecule has 7 heteroatoms. The van der Waals surface area contributed by atoms with Gasteiger partial charge in [-0.1, -0.05) is 30.3 Å². The number of hydrogen-bond donors (Lipinski definition) is 3. The molecule has 0 aliphatic carbocycles. The van der Waals surface area contributed by atoms with Gasteiger partial charge in [-0.05, 0) is 54.1 Å². The first-order chi connectivity index (χ1) is 14.6. The number of benzene rings is 2. The summed E-state index contributed by atoms with van der Waals surface area (Å²) in [6, 6.07) is 18.3. The number of anilines is 3. The van der Waals surface area contributed by atoms with Gasteiger partial charge in [-0.15, -0.1) is 11.3 Å². The topological polar surface area (TPSA) is 87.3 Å². The van der Waals surface area contributed by atoms with Crippen molar-refractivity contribution in [3.63, 3.8) is 0 Å². The maximum atomic E-state index is 12.4. The van der Waals surface area contributed by atoms with Crippen molar-refractivity contribution in [3.8, 4) is 0 Å². The Morgan fingerprint density at radius 3 is 2.60 bits per heavy atom. The van der Waals surface area contributed by atoms with Crippen LogP contribution in [0.25, 0.3) is 0 Å². The van der Waals surface area contributed by atoms with Gasteiger partial charge in [0.05, 0.1) is 4.88 Å². The first-order valence-electron chi connectivity index (χ1n) is 9.72. The first kappa shape index (κ1) is 19.8. The molecule has 1 unspecified atom stereocenters. The van der Waals surface area contributed by atoms with E-state index in [1.165, 1.54) is 11.3 Å². The summed E-state index contributed by atoms with van der Waals surface area (Å²) >= 11 is 1.37. The van der Waals surface area contributed by atoms with E-state index in [2.05, 4.69) is 16.0 Å². The average Bonchev–Trinajstić information content (AvgIpc) is 3.27. The largest absolute Gasteiger partial charge is 0.326 e. The van der Waals surface area contributed by atoms with Crippen molar-refractivity contribution in [2.24, 2.45) is 5.92 Å². The van der Waals surface area contributed by atoms with Crippen LogP contribution < -0.4 is 16.0 Å². The highest BCUT2D eigenvalue weighted by Crippen LogP contribution is 2.27. The molecule has 1 aromatic heterocycles. The molecule has 0 saturated heterocycles. The molecule has 2 aromatic carbocycles. The van der Waals surface area contributed by atoms with Crippen molar-refractivity contribution >= 4 is 46.1 Å². The number of para-hydroxylation sites is 1. The van der Waals surface area contributed by atoms with Crippen molar-refractivity contribution in [3.05, 3.63) is 76.5 Å². The van der Waals surface area contributed by atoms with Crippen LogP contribution in [0.4, 0.5) is 17.1 Å². The predicted octanol–water partition coefficient (Wildman–Crippen LogP) is 4.53. The zero-order valence-corrected chi connectivity index (χ0v) is 17.0. The minimum absolute atomic E-state index is 0.0419. The van der Waals surface area contributed by atoms with E-state index >= 15 is 0 Å². The first-order valence-corrected chi connectivity index (χ1v) is 10.6. The van der Waals surface area contributed by atoms with Crippen LogP contribution >= 0.6 is 11.3 Å². The minimum atomic E-state index is -0.220. The molecule has 152 valence electrons. The molecule has 0 saturated carbocycles. The zero-order valence-electron chi connectivity index (χ0n) is 16.2. The summed E-state index contributed by atoms with van der Waals surface area (Å²) in [7, 11) is 0. The number of carbonyl (C=O) groups excluding carboxylic acids is 3. The van der Waals surface area contributed by atoms with E-state index in [-0.39, 0.29) is 30.1 Å². The minimum Gasteiger partial charge on any atom is -0.326 e. The number of carbonyl (C=O) groups is 3. The smallest absolute Gasteiger partial charge is 0.265 e. The molecule has 1 atom stereocenters. The molecule has 0 radical (unpaired) electrons. The quantitative estimate of drug-likeness (QED) is 0.549. The summed E-state index contributed by atoms with van der Waals surface area (Å²) in [6.07, 6.45) is 1.35. The van der Waals surface area contributed by atoms with Crippen molar-refractivity contribution in [2.75, 3.05) is 16.0 Å². The Morgan fingerprint density at radius 1 is 1.00 bits per heavy atom. The standard InChI is InChI=1S/C23H21N3O3S/c27-21(11-10-16-13-15-5-1-2-8-19(15)26-22(16)28)24-17-6-3-7-18(14-17)25-23(29)20-9-4-12-30-20/h1-9,12,14,16H,10-11,13H2,(H,24,27)(H,25,29)(H,26,28). The van der Waals surface area contributed by atoms with E-state index in [1.807, 2.05) is 35.7 Å². The molecule has 6 nitrogen and oxygen atoms in total. The van der Waals surface area contributed by atoms with Gasteiger partial charge in [0.25, 0.3) is 5.91 Å². The van der Waals surface area contributed by atoms with Crippen molar-refractivity contribution in [2.45, 2.75) is 19.3 Å². The van der Waals surface area contributed by atoms with Crippen LogP contribution in [-0.4, -0.2) is 17.7 Å². The number of rotatable bonds is 6. The van der Waals surface area contributed by atoms with Crippen LogP contribution in [0.3, 0.4) is 0 Å². The molecule has 1 aliphatic heterocycles. The van der Waals surface area contributed by atoms with Gasteiger partial charge in [-0.25, -0.2) is 0 Å². The van der Waals surface area contributed by atoms with Crippen LogP contribution in [0.15, 0.2) is 66.0 Å². The monoisotopic (exact) mass is 419 g/mol. The fourth-order valence-electron chi connectivity index (χ4n) is 3.45. The number of fused-ring (bicyclic) bond motifs is 1. The van der Waals surface area contributed by atoms with Crippen molar-refractivity contribution in [1.82, 2.24) is 0 Å². The maximum Gasteiger partial charge on any atom is 0.265 e. The lowest BCUT2D eigenvalue weighted by molar-refractivity contribution is -0.121. The van der Waals surface area contributed by atoms with E-state index in [4.69, 9.17) is 0 Å². The fraction of sp³-hybridized carbons (Fsp3) is 0.174. The molecule has 1 aliphatic rings. The second-order valence-corrected chi connectivity index (χ2v) is 8.09. The highest BCUT2D eigenvalue weighted by Gasteiger charge is 2.26. The summed E-state index contributed by atoms with van der Waals surface area (Å²) in [5.41, 5.74) is 3.15. The Bertz CT molecular complexity index is 1080. The lowest BCUT2D eigenvalue weighted by Crippen LogP contribution is -2.30. The Hall–Kier alpha value is -3.45. The predicted molar refractivity (Wildman–Crippen MR) is 119 cm³/mol. The Balaban J connectivity index is 1.31. The van der Waals surface area contributed by atoms with Gasteiger partial charge in [0.1, 0.15) is 0 Å². The Labute approximate surface area is 178 Å². The number of amides is 3.